The van der Waals surface area contributed by atoms with Crippen molar-refractivity contribution < 1.29 is 19.4 Å². The van der Waals surface area contributed by atoms with Gasteiger partial charge in [0, 0.05) is 17.9 Å². The summed E-state index contributed by atoms with van der Waals surface area (Å²) < 4.78 is 11.0. The summed E-state index contributed by atoms with van der Waals surface area (Å²) in [5, 5.41) is 10.8. The molecule has 2 bridgehead atoms. The predicted octanol–water partition coefficient (Wildman–Crippen LogP) is 2.76. The summed E-state index contributed by atoms with van der Waals surface area (Å²) >= 11 is 0. The minimum Gasteiger partial charge on any atom is -0.463 e. The molecule has 0 amide bonds. The molecule has 4 nitrogen and oxygen atoms in total. The molecule has 2 aliphatic rings. The maximum atomic E-state index is 11.4. The van der Waals surface area contributed by atoms with Gasteiger partial charge in [0.1, 0.15) is 5.60 Å². The molecule has 4 heteroatoms. The topological polar surface area (TPSA) is 55.8 Å². The number of rotatable bonds is 4. The van der Waals surface area contributed by atoms with Gasteiger partial charge in [-0.25, -0.2) is 4.79 Å². The summed E-state index contributed by atoms with van der Waals surface area (Å²) in [7, 11) is 0. The Balaban J connectivity index is 2.24. The SMILES string of the molecule is CCOC(=O)/C=C(C)/C=C/[C@@]12O[C@@H](CC1(C)C)C[C@@]2(C)O. The van der Waals surface area contributed by atoms with E-state index in [1.165, 1.54) is 6.08 Å². The van der Waals surface area contributed by atoms with E-state index in [-0.39, 0.29) is 17.5 Å². The summed E-state index contributed by atoms with van der Waals surface area (Å²) in [5.74, 6) is -0.347. The Morgan fingerprint density at radius 2 is 2.05 bits per heavy atom. The number of aliphatic hydroxyl groups is 1. The van der Waals surface area contributed by atoms with Crippen LogP contribution in [0.5, 0.6) is 0 Å². The van der Waals surface area contributed by atoms with Crippen molar-refractivity contribution in [3.8, 4) is 0 Å². The molecule has 0 spiro atoms. The molecule has 0 aromatic heterocycles. The second-order valence-electron chi connectivity index (χ2n) is 7.02. The maximum Gasteiger partial charge on any atom is 0.330 e. The van der Waals surface area contributed by atoms with Gasteiger partial charge in [-0.3, -0.25) is 0 Å². The lowest BCUT2D eigenvalue weighted by Gasteiger charge is -2.46. The predicted molar refractivity (Wildman–Crippen MR) is 80.8 cm³/mol. The minimum atomic E-state index is -0.889. The quantitative estimate of drug-likeness (QED) is 0.492. The third-order valence-electron chi connectivity index (χ3n) is 4.73. The molecule has 21 heavy (non-hydrogen) atoms. The second-order valence-corrected chi connectivity index (χ2v) is 7.02. The third-order valence-corrected chi connectivity index (χ3v) is 4.73. The molecule has 3 atom stereocenters. The van der Waals surface area contributed by atoms with Crippen molar-refractivity contribution in [1.29, 1.82) is 0 Å². The van der Waals surface area contributed by atoms with Gasteiger partial charge >= 0.3 is 5.97 Å². The highest BCUT2D eigenvalue weighted by Crippen LogP contribution is 2.60. The van der Waals surface area contributed by atoms with E-state index in [9.17, 15) is 9.90 Å². The average molecular weight is 294 g/mol. The first-order valence-corrected chi connectivity index (χ1v) is 7.58. The number of esters is 1. The van der Waals surface area contributed by atoms with Crippen LogP contribution in [0, 0.1) is 5.41 Å². The number of hydrogen-bond donors (Lipinski definition) is 1. The van der Waals surface area contributed by atoms with E-state index in [1.807, 2.05) is 26.0 Å². The van der Waals surface area contributed by atoms with Crippen molar-refractivity contribution in [1.82, 2.24) is 0 Å². The lowest BCUT2D eigenvalue weighted by molar-refractivity contribution is -0.137. The van der Waals surface area contributed by atoms with Gasteiger partial charge in [0.2, 0.25) is 0 Å². The van der Waals surface area contributed by atoms with Crippen LogP contribution in [0.1, 0.15) is 47.5 Å². The van der Waals surface area contributed by atoms with E-state index in [4.69, 9.17) is 9.47 Å². The molecule has 0 saturated carbocycles. The number of fused-ring (bicyclic) bond motifs is 2. The number of ether oxygens (including phenoxy) is 2. The van der Waals surface area contributed by atoms with Crippen LogP contribution in [0.4, 0.5) is 0 Å². The van der Waals surface area contributed by atoms with Crippen LogP contribution in [-0.4, -0.2) is 35.0 Å². The van der Waals surface area contributed by atoms with Gasteiger partial charge in [0.25, 0.3) is 0 Å². The fourth-order valence-corrected chi connectivity index (χ4v) is 3.86. The lowest BCUT2D eigenvalue weighted by Crippen LogP contribution is -2.56. The average Bonchev–Trinajstić information content (AvgIpc) is 2.71. The first kappa shape index (κ1) is 16.2. The van der Waals surface area contributed by atoms with Crippen LogP contribution in [0.15, 0.2) is 23.8 Å². The fourth-order valence-electron chi connectivity index (χ4n) is 3.86. The normalized spacial score (nSPS) is 38.2. The molecule has 0 aromatic carbocycles. The fraction of sp³-hybridized carbons (Fsp3) is 0.706. The highest BCUT2D eigenvalue weighted by molar-refractivity contribution is 5.83. The van der Waals surface area contributed by atoms with E-state index >= 15 is 0 Å². The summed E-state index contributed by atoms with van der Waals surface area (Å²) in [5.41, 5.74) is -0.942. The number of allylic oxidation sites excluding steroid dienone is 2. The monoisotopic (exact) mass is 294 g/mol. The number of carbonyl (C=O) groups is 1. The van der Waals surface area contributed by atoms with Crippen molar-refractivity contribution in [3.05, 3.63) is 23.8 Å². The molecule has 2 rings (SSSR count). The zero-order valence-corrected chi connectivity index (χ0v) is 13.6. The molecule has 2 fully saturated rings. The molecule has 2 aliphatic heterocycles. The van der Waals surface area contributed by atoms with Gasteiger partial charge in [-0.2, -0.15) is 0 Å². The molecule has 118 valence electrons. The number of hydrogen-bond acceptors (Lipinski definition) is 4. The largest absolute Gasteiger partial charge is 0.463 e. The zero-order valence-electron chi connectivity index (χ0n) is 13.6. The van der Waals surface area contributed by atoms with Crippen LogP contribution in [-0.2, 0) is 14.3 Å². The molecule has 2 saturated heterocycles. The zero-order chi connectivity index (χ0) is 15.9. The summed E-state index contributed by atoms with van der Waals surface area (Å²) in [4.78, 5) is 11.4. The molecule has 1 N–H and O–H groups in total. The van der Waals surface area contributed by atoms with E-state index in [1.54, 1.807) is 6.92 Å². The third kappa shape index (κ3) is 2.67. The smallest absolute Gasteiger partial charge is 0.330 e. The Labute approximate surface area is 126 Å². The molecular weight excluding hydrogens is 268 g/mol. The Hall–Kier alpha value is -1.13. The second kappa shape index (κ2) is 5.25. The summed E-state index contributed by atoms with van der Waals surface area (Å²) in [6, 6.07) is 0. The van der Waals surface area contributed by atoms with Gasteiger partial charge in [-0.15, -0.1) is 0 Å². The van der Waals surface area contributed by atoms with E-state index in [0.717, 1.165) is 12.0 Å². The Morgan fingerprint density at radius 3 is 2.57 bits per heavy atom. The van der Waals surface area contributed by atoms with Crippen molar-refractivity contribution >= 4 is 5.97 Å². The highest BCUT2D eigenvalue weighted by Gasteiger charge is 2.67. The van der Waals surface area contributed by atoms with Gasteiger partial charge < -0.3 is 14.6 Å². The van der Waals surface area contributed by atoms with Crippen LogP contribution >= 0.6 is 0 Å². The number of carbonyl (C=O) groups excluding carboxylic acids is 1. The molecule has 0 aliphatic carbocycles. The van der Waals surface area contributed by atoms with Gasteiger partial charge in [0.15, 0.2) is 0 Å². The first-order chi connectivity index (χ1) is 9.63. The van der Waals surface area contributed by atoms with Crippen LogP contribution in [0.3, 0.4) is 0 Å². The van der Waals surface area contributed by atoms with Gasteiger partial charge in [0.05, 0.1) is 18.3 Å². The van der Waals surface area contributed by atoms with Crippen LogP contribution in [0.2, 0.25) is 0 Å². The van der Waals surface area contributed by atoms with Crippen molar-refractivity contribution in [2.45, 2.75) is 64.8 Å². The highest BCUT2D eigenvalue weighted by atomic mass is 16.5. The van der Waals surface area contributed by atoms with E-state index in [2.05, 4.69) is 13.8 Å². The standard InChI is InChI=1S/C17H26O4/c1-6-20-14(18)9-12(2)7-8-17-15(3,4)10-13(21-17)11-16(17,5)19/h7-9,13,19H,6,10-11H2,1-5H3/b8-7+,12-9+/t13-,16+,17+/m0/s1. The minimum absolute atomic E-state index is 0.106. The Bertz CT molecular complexity index is 467. The summed E-state index contributed by atoms with van der Waals surface area (Å²) in [6.45, 7) is 10.1. The van der Waals surface area contributed by atoms with Crippen molar-refractivity contribution in [2.75, 3.05) is 6.61 Å². The van der Waals surface area contributed by atoms with Crippen molar-refractivity contribution in [3.63, 3.8) is 0 Å². The molecule has 0 unspecified atom stereocenters. The molecule has 0 radical (unpaired) electrons. The Morgan fingerprint density at radius 1 is 1.38 bits per heavy atom. The molecule has 0 aromatic rings. The maximum absolute atomic E-state index is 11.4. The summed E-state index contributed by atoms with van der Waals surface area (Å²) in [6.07, 6.45) is 6.93. The van der Waals surface area contributed by atoms with Crippen LogP contribution in [0.25, 0.3) is 0 Å². The van der Waals surface area contributed by atoms with Crippen molar-refractivity contribution in [2.24, 2.45) is 5.41 Å². The Kier molecular flexibility index (Phi) is 4.06. The van der Waals surface area contributed by atoms with Gasteiger partial charge in [-0.1, -0.05) is 19.9 Å². The molecule has 2 heterocycles. The molecular formula is C17H26O4. The van der Waals surface area contributed by atoms with E-state index < -0.39 is 11.2 Å². The van der Waals surface area contributed by atoms with Crippen LogP contribution < -0.4 is 0 Å². The lowest BCUT2D eigenvalue weighted by atomic mass is 9.61. The van der Waals surface area contributed by atoms with Gasteiger partial charge in [-0.05, 0) is 38.8 Å². The first-order valence-electron chi connectivity index (χ1n) is 7.58. The van der Waals surface area contributed by atoms with E-state index in [0.29, 0.717) is 13.0 Å².